The van der Waals surface area contributed by atoms with E-state index in [-0.39, 0.29) is 24.0 Å². The monoisotopic (exact) mass is 404 g/mol. The molecular formula is C25H21FO4. The predicted molar refractivity (Wildman–Crippen MR) is 112 cm³/mol. The fraction of sp³-hybridized carbons (Fsp3) is 0.160. The quantitative estimate of drug-likeness (QED) is 0.492. The predicted octanol–water partition coefficient (Wildman–Crippen LogP) is 5.73. The Morgan fingerprint density at radius 1 is 1.00 bits per heavy atom. The molecule has 0 aromatic heterocycles. The van der Waals surface area contributed by atoms with Crippen molar-refractivity contribution in [1.82, 2.24) is 0 Å². The summed E-state index contributed by atoms with van der Waals surface area (Å²) in [5, 5.41) is 0. The molecule has 3 aromatic rings. The Morgan fingerprint density at radius 3 is 2.53 bits per heavy atom. The van der Waals surface area contributed by atoms with Gasteiger partial charge in [-0.3, -0.25) is 4.79 Å². The normalized spacial score (nSPS) is 13.8. The lowest BCUT2D eigenvalue weighted by atomic mass is 10.0. The maximum atomic E-state index is 13.3. The fourth-order valence-electron chi connectivity index (χ4n) is 3.33. The van der Waals surface area contributed by atoms with E-state index in [1.165, 1.54) is 12.1 Å². The van der Waals surface area contributed by atoms with Gasteiger partial charge in [0.25, 0.3) is 0 Å². The third kappa shape index (κ3) is 4.20. The Labute approximate surface area is 174 Å². The van der Waals surface area contributed by atoms with E-state index in [0.717, 1.165) is 22.4 Å². The summed E-state index contributed by atoms with van der Waals surface area (Å²) in [4.78, 5) is 12.8. The number of carbonyl (C=O) groups excluding carboxylic acids is 1. The highest BCUT2D eigenvalue weighted by Crippen LogP contribution is 2.37. The van der Waals surface area contributed by atoms with Gasteiger partial charge in [0, 0.05) is 6.07 Å². The molecule has 0 amide bonds. The van der Waals surface area contributed by atoms with E-state index in [0.29, 0.717) is 23.7 Å². The minimum atomic E-state index is -0.306. The first-order valence-electron chi connectivity index (χ1n) is 9.72. The minimum Gasteiger partial charge on any atom is -0.494 e. The molecule has 0 spiro atoms. The molecule has 0 aliphatic carbocycles. The van der Waals surface area contributed by atoms with Gasteiger partial charge >= 0.3 is 0 Å². The van der Waals surface area contributed by atoms with Gasteiger partial charge in [0.1, 0.15) is 29.7 Å². The number of aryl methyl sites for hydroxylation is 1. The molecular weight excluding hydrogens is 383 g/mol. The van der Waals surface area contributed by atoms with Crippen molar-refractivity contribution in [3.05, 3.63) is 94.5 Å². The lowest BCUT2D eigenvalue weighted by Gasteiger charge is -2.09. The van der Waals surface area contributed by atoms with Gasteiger partial charge in [0.15, 0.2) is 5.76 Å². The first kappa shape index (κ1) is 19.7. The van der Waals surface area contributed by atoms with Gasteiger partial charge in [-0.25, -0.2) is 4.39 Å². The molecule has 30 heavy (non-hydrogen) atoms. The molecule has 4 rings (SSSR count). The number of hydrogen-bond acceptors (Lipinski definition) is 4. The van der Waals surface area contributed by atoms with Crippen LogP contribution in [0.3, 0.4) is 0 Å². The van der Waals surface area contributed by atoms with Gasteiger partial charge in [-0.05, 0) is 66.9 Å². The zero-order valence-electron chi connectivity index (χ0n) is 16.8. The summed E-state index contributed by atoms with van der Waals surface area (Å²) in [6.07, 6.45) is 1.71. The number of carbonyl (C=O) groups is 1. The molecule has 0 unspecified atom stereocenters. The number of ketones is 1. The molecule has 0 fully saturated rings. The number of benzene rings is 3. The van der Waals surface area contributed by atoms with Crippen LogP contribution in [-0.4, -0.2) is 12.4 Å². The average Bonchev–Trinajstić information content (AvgIpc) is 3.04. The molecule has 0 radical (unpaired) electrons. The van der Waals surface area contributed by atoms with Crippen LogP contribution in [0.1, 0.15) is 34.0 Å². The van der Waals surface area contributed by atoms with Crippen LogP contribution in [0.4, 0.5) is 4.39 Å². The number of ether oxygens (including phenoxy) is 3. The highest BCUT2D eigenvalue weighted by molar-refractivity contribution is 6.15. The Balaban J connectivity index is 1.53. The molecule has 0 atom stereocenters. The number of Topliss-reactive ketones (excluding diaryl/α,β-unsaturated/α-hetero) is 1. The van der Waals surface area contributed by atoms with Crippen molar-refractivity contribution in [2.45, 2.75) is 20.5 Å². The molecule has 0 saturated heterocycles. The van der Waals surface area contributed by atoms with Crippen LogP contribution in [0, 0.1) is 12.7 Å². The molecule has 3 aromatic carbocycles. The molecule has 1 aliphatic heterocycles. The van der Waals surface area contributed by atoms with E-state index in [1.807, 2.05) is 38.1 Å². The average molecular weight is 404 g/mol. The highest BCUT2D eigenvalue weighted by atomic mass is 19.1. The van der Waals surface area contributed by atoms with Crippen molar-refractivity contribution in [3.63, 3.8) is 0 Å². The van der Waals surface area contributed by atoms with Crippen LogP contribution < -0.4 is 14.2 Å². The maximum Gasteiger partial charge on any atom is 0.232 e. The van der Waals surface area contributed by atoms with Crippen molar-refractivity contribution in [3.8, 4) is 17.2 Å². The number of rotatable bonds is 6. The number of halogens is 1. The number of fused-ring (bicyclic) bond motifs is 1. The van der Waals surface area contributed by atoms with E-state index in [4.69, 9.17) is 14.2 Å². The summed E-state index contributed by atoms with van der Waals surface area (Å²) in [6.45, 7) is 4.59. The van der Waals surface area contributed by atoms with Crippen molar-refractivity contribution < 1.29 is 23.4 Å². The fourth-order valence-corrected chi connectivity index (χ4v) is 3.33. The summed E-state index contributed by atoms with van der Waals surface area (Å²) >= 11 is 0. The Bertz CT molecular complexity index is 1120. The van der Waals surface area contributed by atoms with Crippen molar-refractivity contribution in [1.29, 1.82) is 0 Å². The standard InChI is InChI=1S/C25H21FO4/c1-3-28-20-9-7-17(8-10-20)13-23-25(27)24-16(2)11-21(14-22(24)30-23)29-15-18-5-4-6-19(26)12-18/h4-14H,3,15H2,1-2H3/b23-13-. The first-order valence-corrected chi connectivity index (χ1v) is 9.72. The lowest BCUT2D eigenvalue weighted by Crippen LogP contribution is -2.00. The third-order valence-corrected chi connectivity index (χ3v) is 4.73. The van der Waals surface area contributed by atoms with Crippen LogP contribution >= 0.6 is 0 Å². The maximum absolute atomic E-state index is 13.3. The van der Waals surface area contributed by atoms with E-state index in [1.54, 1.807) is 30.3 Å². The Hall–Kier alpha value is -3.60. The summed E-state index contributed by atoms with van der Waals surface area (Å²) in [6, 6.07) is 17.2. The van der Waals surface area contributed by atoms with Crippen LogP contribution in [0.2, 0.25) is 0 Å². The molecule has 1 aliphatic rings. The second-order valence-electron chi connectivity index (χ2n) is 6.97. The van der Waals surface area contributed by atoms with E-state index in [9.17, 15) is 9.18 Å². The third-order valence-electron chi connectivity index (χ3n) is 4.73. The summed E-state index contributed by atoms with van der Waals surface area (Å²) < 4.78 is 30.4. The van der Waals surface area contributed by atoms with Crippen molar-refractivity contribution in [2.75, 3.05) is 6.61 Å². The molecule has 152 valence electrons. The summed E-state index contributed by atoms with van der Waals surface area (Å²) in [7, 11) is 0. The van der Waals surface area contributed by atoms with Gasteiger partial charge in [-0.15, -0.1) is 0 Å². The van der Waals surface area contributed by atoms with Gasteiger partial charge in [-0.1, -0.05) is 24.3 Å². The zero-order chi connectivity index (χ0) is 21.1. The SMILES string of the molecule is CCOc1ccc(/C=C2\Oc3cc(OCc4cccc(F)c4)cc(C)c3C2=O)cc1. The molecule has 0 bridgehead atoms. The molecule has 5 heteroatoms. The van der Waals surface area contributed by atoms with Gasteiger partial charge in [0.05, 0.1) is 12.2 Å². The largest absolute Gasteiger partial charge is 0.494 e. The molecule has 0 N–H and O–H groups in total. The van der Waals surface area contributed by atoms with Crippen LogP contribution in [0.5, 0.6) is 17.2 Å². The van der Waals surface area contributed by atoms with Crippen molar-refractivity contribution in [2.24, 2.45) is 0 Å². The van der Waals surface area contributed by atoms with Crippen LogP contribution in [0.15, 0.2) is 66.4 Å². The topological polar surface area (TPSA) is 44.8 Å². The second-order valence-corrected chi connectivity index (χ2v) is 6.97. The molecule has 0 saturated carbocycles. The number of allylic oxidation sites excluding steroid dienone is 1. The van der Waals surface area contributed by atoms with E-state index >= 15 is 0 Å². The van der Waals surface area contributed by atoms with E-state index < -0.39 is 0 Å². The highest BCUT2D eigenvalue weighted by Gasteiger charge is 2.30. The Kier molecular flexibility index (Phi) is 5.53. The van der Waals surface area contributed by atoms with Gasteiger partial charge in [0.2, 0.25) is 5.78 Å². The van der Waals surface area contributed by atoms with Crippen LogP contribution in [-0.2, 0) is 6.61 Å². The second kappa shape index (κ2) is 8.41. The van der Waals surface area contributed by atoms with Crippen LogP contribution in [0.25, 0.3) is 6.08 Å². The molecule has 1 heterocycles. The summed E-state index contributed by atoms with van der Waals surface area (Å²) in [5.74, 6) is 1.60. The summed E-state index contributed by atoms with van der Waals surface area (Å²) in [5.41, 5.74) is 2.86. The number of hydrogen-bond donors (Lipinski definition) is 0. The molecule has 4 nitrogen and oxygen atoms in total. The Morgan fingerprint density at radius 2 is 1.80 bits per heavy atom. The van der Waals surface area contributed by atoms with Gasteiger partial charge < -0.3 is 14.2 Å². The lowest BCUT2D eigenvalue weighted by molar-refractivity contribution is 0.101. The van der Waals surface area contributed by atoms with Gasteiger partial charge in [-0.2, -0.15) is 0 Å². The minimum absolute atomic E-state index is 0.159. The smallest absolute Gasteiger partial charge is 0.232 e. The zero-order valence-corrected chi connectivity index (χ0v) is 16.8. The van der Waals surface area contributed by atoms with E-state index in [2.05, 4.69) is 0 Å². The first-order chi connectivity index (χ1) is 14.5. The van der Waals surface area contributed by atoms with Crippen molar-refractivity contribution >= 4 is 11.9 Å².